The van der Waals surface area contributed by atoms with Crippen molar-refractivity contribution < 1.29 is 8.08 Å². The van der Waals surface area contributed by atoms with Crippen LogP contribution in [0.5, 0.6) is 0 Å². The first-order valence-electron chi connectivity index (χ1n) is 12.7. The second-order valence-corrected chi connectivity index (χ2v) is 79.3. The third-order valence-electron chi connectivity index (χ3n) is 8.56. The summed E-state index contributed by atoms with van der Waals surface area (Å²) >= 11 is 0. The van der Waals surface area contributed by atoms with E-state index in [1.165, 1.54) is 0 Å². The zero-order valence-electron chi connectivity index (χ0n) is 25.4. The predicted octanol–water partition coefficient (Wildman–Crippen LogP) is 9.43. The Labute approximate surface area is 234 Å². The van der Waals surface area contributed by atoms with Crippen LogP contribution < -0.4 is 0 Å². The molecule has 3 aliphatic rings. The molecule has 3 rings (SSSR count). The Kier molecular flexibility index (Phi) is 8.71. The van der Waals surface area contributed by atoms with Crippen molar-refractivity contribution in [2.24, 2.45) is 0 Å². The maximum Gasteiger partial charge on any atom is 0.327 e. The van der Waals surface area contributed by atoms with Crippen molar-refractivity contribution in [1.82, 2.24) is 0 Å². The summed E-state index contributed by atoms with van der Waals surface area (Å²) in [4.78, 5) is 0. The van der Waals surface area contributed by atoms with Crippen LogP contribution in [0, 0.1) is 0 Å². The summed E-state index contributed by atoms with van der Waals surface area (Å²) in [7, 11) is -4.08. The molecule has 0 aromatic carbocycles. The maximum absolute atomic E-state index is 14.0. The van der Waals surface area contributed by atoms with Gasteiger partial charge in [0.25, 0.3) is 0 Å². The standard InChI is InChI=1S/C20H54O2S4Si8/c1-27(2,3)19(28(4,5)6,29(7,8)9)33-22-26(21)23-34(24-33,25-33)20(30(10,11)12,31(13,14)15)32(16,17)18/h1-18H3. The van der Waals surface area contributed by atoms with E-state index in [0.29, 0.717) is 7.82 Å². The van der Waals surface area contributed by atoms with Crippen molar-refractivity contribution in [2.75, 3.05) is 0 Å². The molecule has 3 fully saturated rings. The lowest BCUT2D eigenvalue weighted by molar-refractivity contribution is 0.590. The van der Waals surface area contributed by atoms with Crippen LogP contribution in [0.15, 0.2) is 0 Å². The Hall–Kier alpha value is 2.90. The Morgan fingerprint density at radius 2 is 0.794 bits per heavy atom. The molecule has 0 aromatic rings. The van der Waals surface area contributed by atoms with Crippen LogP contribution in [0.25, 0.3) is 0 Å². The number of rotatable bonds is 8. The highest BCUT2D eigenvalue weighted by molar-refractivity contribution is 9.19. The van der Waals surface area contributed by atoms with Gasteiger partial charge in [-0.05, 0) is 18.1 Å². The van der Waals surface area contributed by atoms with Gasteiger partial charge in [-0.2, -0.15) is 0 Å². The van der Waals surface area contributed by atoms with E-state index < -0.39 is 70.7 Å². The lowest BCUT2D eigenvalue weighted by Gasteiger charge is -2.77. The minimum Gasteiger partial charge on any atom is -0.304 e. The van der Waals surface area contributed by atoms with E-state index in [-0.39, 0.29) is 0 Å². The Morgan fingerprint density at radius 3 is 1.03 bits per heavy atom. The second-order valence-electron chi connectivity index (χ2n) is 16.7. The summed E-state index contributed by atoms with van der Waals surface area (Å²) in [6.07, 6.45) is 0. The summed E-state index contributed by atoms with van der Waals surface area (Å²) in [5.74, 6) is 0. The third-order valence-corrected chi connectivity index (χ3v) is 123. The molecule has 2 bridgehead atoms. The van der Waals surface area contributed by atoms with Crippen LogP contribution in [0.4, 0.5) is 0 Å². The average Bonchev–Trinajstić information content (AvgIpc) is 2.34. The number of hydrogen-bond acceptors (Lipinski definition) is 5. The van der Waals surface area contributed by atoms with Gasteiger partial charge in [-0.3, -0.25) is 0 Å². The van der Waals surface area contributed by atoms with Gasteiger partial charge in [0.05, 0.1) is 0 Å². The fourth-order valence-corrected chi connectivity index (χ4v) is 210. The van der Waals surface area contributed by atoms with Crippen molar-refractivity contribution in [1.29, 1.82) is 0 Å². The van der Waals surface area contributed by atoms with E-state index in [1.807, 2.05) is 10.2 Å². The zero-order chi connectivity index (χ0) is 27.4. The molecule has 0 spiro atoms. The van der Waals surface area contributed by atoms with Gasteiger partial charge in [0.2, 0.25) is 15.6 Å². The van der Waals surface area contributed by atoms with Gasteiger partial charge >= 0.3 is 6.62 Å². The van der Waals surface area contributed by atoms with Gasteiger partial charge in [-0.25, -0.2) is 4.21 Å². The molecule has 0 radical (unpaired) electrons. The highest BCUT2D eigenvalue weighted by Gasteiger charge is 2.89. The van der Waals surface area contributed by atoms with Crippen molar-refractivity contribution in [3.63, 3.8) is 0 Å². The molecular weight excluding hydrogens is 625 g/mol. The van der Waals surface area contributed by atoms with Gasteiger partial charge < -0.3 is 3.87 Å². The lowest BCUT2D eigenvalue weighted by atomic mass is 11.6. The minimum absolute atomic E-state index is 0.368. The first kappa shape index (κ1) is 33.1. The quantitative estimate of drug-likeness (QED) is 0.188. The van der Waals surface area contributed by atoms with Gasteiger partial charge in [0.15, 0.2) is 0 Å². The van der Waals surface area contributed by atoms with Crippen molar-refractivity contribution >= 4 is 102 Å². The van der Waals surface area contributed by atoms with Crippen LogP contribution in [0.3, 0.4) is 0 Å². The molecule has 2 nitrogen and oxygen atoms in total. The monoisotopic (exact) mass is 678 g/mol. The second kappa shape index (κ2) is 8.95. The molecule has 3 aliphatic heterocycles. The van der Waals surface area contributed by atoms with E-state index in [2.05, 4.69) is 139 Å². The van der Waals surface area contributed by atoms with Crippen LogP contribution in [0.2, 0.25) is 126 Å². The van der Waals surface area contributed by atoms with E-state index in [9.17, 15) is 4.21 Å². The molecule has 202 valence electrons. The van der Waals surface area contributed by atoms with Crippen molar-refractivity contribution in [3.05, 3.63) is 0 Å². The van der Waals surface area contributed by atoms with E-state index in [0.717, 1.165) is 0 Å². The first-order chi connectivity index (χ1) is 14.5. The lowest BCUT2D eigenvalue weighted by Crippen LogP contribution is -2.86. The summed E-state index contributed by atoms with van der Waals surface area (Å²) in [5, 5.41) is 0. The molecule has 14 heteroatoms. The zero-order valence-corrected chi connectivity index (χ0v) is 36.7. The molecule has 0 saturated carbocycles. The topological polar surface area (TPSA) is 26.3 Å². The summed E-state index contributed by atoms with van der Waals surface area (Å²) in [6.45, 7) is 45.5. The molecule has 1 atom stereocenters. The Bertz CT molecular complexity index is 697. The van der Waals surface area contributed by atoms with Crippen molar-refractivity contribution in [3.8, 4) is 0 Å². The maximum atomic E-state index is 14.0. The SMILES string of the molecule is C[Si](C)(C)C([Si](C)(C)C)([Si](C)(C)C)[Si]12OS(=O)S[Si](C([Si](C)(C)C)([Si](C)(C)C)[Si](C)(C)C)(S1)S2. The number of hydrogen-bond donors (Lipinski definition) is 0. The molecular formula is C20H54O2S4Si8. The van der Waals surface area contributed by atoms with E-state index >= 15 is 0 Å². The average molecular weight is 680 g/mol. The molecule has 0 N–H and O–H groups in total. The first-order valence-corrected chi connectivity index (χ1v) is 45.3. The predicted molar refractivity (Wildman–Crippen MR) is 189 cm³/mol. The summed E-state index contributed by atoms with van der Waals surface area (Å²) < 4.78 is 21.8. The molecule has 0 aromatic heterocycles. The van der Waals surface area contributed by atoms with Crippen LogP contribution in [0.1, 0.15) is 0 Å². The van der Waals surface area contributed by atoms with Gasteiger partial charge in [0, 0.05) is 48.4 Å². The van der Waals surface area contributed by atoms with Crippen LogP contribution in [-0.4, -0.2) is 64.8 Å². The highest BCUT2D eigenvalue weighted by atomic mass is 33.3. The molecule has 34 heavy (non-hydrogen) atoms. The molecule has 3 heterocycles. The number of fused-ring (bicyclic) bond motifs is 2. The summed E-state index contributed by atoms with van der Waals surface area (Å²) in [5.41, 5.74) is -2.02. The van der Waals surface area contributed by atoms with E-state index in [4.69, 9.17) is 3.87 Å². The van der Waals surface area contributed by atoms with Crippen LogP contribution >= 0.6 is 31.6 Å². The largest absolute Gasteiger partial charge is 0.327 e. The molecule has 0 aliphatic carbocycles. The molecule has 0 amide bonds. The fourth-order valence-electron chi connectivity index (χ4n) is 10.6. The fraction of sp³-hybridized carbons (Fsp3) is 1.00. The smallest absolute Gasteiger partial charge is 0.304 e. The summed E-state index contributed by atoms with van der Waals surface area (Å²) in [6, 6.07) is 0. The molecule has 3 saturated heterocycles. The van der Waals surface area contributed by atoms with Crippen molar-refractivity contribution in [2.45, 2.75) is 126 Å². The highest BCUT2D eigenvalue weighted by Crippen LogP contribution is 2.86. The van der Waals surface area contributed by atoms with E-state index in [1.54, 1.807) is 0 Å². The normalized spacial score (nSPS) is 30.2. The van der Waals surface area contributed by atoms with Gasteiger partial charge in [-0.1, -0.05) is 118 Å². The van der Waals surface area contributed by atoms with Gasteiger partial charge in [0.1, 0.15) is 0 Å². The van der Waals surface area contributed by atoms with Crippen LogP contribution in [-0.2, 0) is 14.0 Å². The molecule has 1 unspecified atom stereocenters. The third kappa shape index (κ3) is 4.27. The minimum atomic E-state index is -2.33. The van der Waals surface area contributed by atoms with Gasteiger partial charge in [-0.15, -0.1) is 21.3 Å². The Balaban J connectivity index is 3.00. The Morgan fingerprint density at radius 1 is 0.529 bits per heavy atom.